The molecule has 0 aromatic rings. The Morgan fingerprint density at radius 2 is 0.400 bits per heavy atom. The van der Waals surface area contributed by atoms with Crippen LogP contribution in [-0.4, -0.2) is 0 Å². The molecule has 5 heavy (non-hydrogen) atoms. The van der Waals surface area contributed by atoms with Crippen molar-refractivity contribution in [2.75, 3.05) is 0 Å². The molecule has 0 aromatic heterocycles. The molecule has 35 valence electrons. The summed E-state index contributed by atoms with van der Waals surface area (Å²) in [6.45, 7) is 0. The van der Waals surface area contributed by atoms with Crippen molar-refractivity contribution >= 4 is 54.0 Å². The first-order valence-corrected chi connectivity index (χ1v) is 0. The second-order valence-corrected chi connectivity index (χ2v) is 0. The van der Waals surface area contributed by atoms with Crippen LogP contribution in [0.25, 0.3) is 0 Å². The van der Waals surface area contributed by atoms with Gasteiger partial charge < -0.3 is 54.0 Å². The van der Waals surface area contributed by atoms with Gasteiger partial charge >= 0.3 is 0 Å². The van der Waals surface area contributed by atoms with Crippen molar-refractivity contribution in [2.24, 2.45) is 0 Å². The van der Waals surface area contributed by atoms with E-state index in [1.54, 1.807) is 0 Å². The van der Waals surface area contributed by atoms with E-state index in [4.69, 9.17) is 0 Å². The zero-order valence-electron chi connectivity index (χ0n) is 2.37. The third kappa shape index (κ3) is 21.0. The number of hydrogen-bond acceptors (Lipinski definition) is 4. The Morgan fingerprint density at radius 3 is 0.400 bits per heavy atom. The molecule has 1 radical (unpaired) electrons. The van der Waals surface area contributed by atoms with E-state index < -0.39 is 0 Å². The average Bonchev–Trinajstić information content (AvgIpc) is 0. The van der Waals surface area contributed by atoms with Crippen molar-refractivity contribution in [3.8, 4) is 0 Å². The van der Waals surface area contributed by atoms with Crippen LogP contribution < -0.4 is 0 Å². The summed E-state index contributed by atoms with van der Waals surface area (Å²) in [4.78, 5) is 0. The monoisotopic (exact) mass is 221 g/mol. The first-order chi connectivity index (χ1) is 0. The third-order valence-electron chi connectivity index (χ3n) is 0. The predicted molar refractivity (Wildman–Crippen MR) is 35.0 cm³/mol. The number of hydrogen-bond donors (Lipinski definition) is 0. The van der Waals surface area contributed by atoms with E-state index in [-0.39, 0.29) is 86.7 Å². The largest absolute Gasteiger partial charge is 0.813 e. The van der Waals surface area contributed by atoms with Crippen LogP contribution in [0, 0.1) is 0 Å². The summed E-state index contributed by atoms with van der Waals surface area (Å²) in [7, 11) is 0. The van der Waals surface area contributed by atoms with Crippen molar-refractivity contribution in [3.05, 3.63) is 0 Å². The summed E-state index contributed by atoms with van der Waals surface area (Å²) in [6, 6.07) is 0. The van der Waals surface area contributed by atoms with Crippen LogP contribution in [0.3, 0.4) is 0 Å². The first kappa shape index (κ1) is 50.6. The normalized spacial score (nSPS) is 0. The molecule has 0 aromatic carbocycles. The summed E-state index contributed by atoms with van der Waals surface area (Å²) >= 11 is 0. The van der Waals surface area contributed by atoms with E-state index in [1.165, 1.54) is 0 Å². The van der Waals surface area contributed by atoms with Crippen LogP contribution >= 0.6 is 0 Å². The summed E-state index contributed by atoms with van der Waals surface area (Å²) in [6.07, 6.45) is 0. The van der Waals surface area contributed by atoms with Gasteiger partial charge in [0.25, 0.3) is 0 Å². The standard InChI is InChI=1S/4H2S.Y/h4*1H2;/p-4. The molecule has 0 aliphatic rings. The van der Waals surface area contributed by atoms with Crippen LogP contribution in [0.4, 0.5) is 0 Å². The number of rotatable bonds is 0. The second-order valence-electron chi connectivity index (χ2n) is 0. The molecule has 0 aliphatic carbocycles. The van der Waals surface area contributed by atoms with Crippen LogP contribution in [0.1, 0.15) is 0 Å². The molecule has 0 atom stereocenters. The molecule has 0 fully saturated rings. The minimum atomic E-state index is 0. The molecule has 0 amide bonds. The molecule has 0 rings (SSSR count). The second kappa shape index (κ2) is 31.4. The molecule has 0 nitrogen and oxygen atoms in total. The van der Waals surface area contributed by atoms with E-state index in [9.17, 15) is 0 Å². The Kier molecular flexibility index (Phi) is 318. The van der Waals surface area contributed by atoms with Gasteiger partial charge in [0, 0.05) is 32.7 Å². The maximum absolute atomic E-state index is 0. The summed E-state index contributed by atoms with van der Waals surface area (Å²) in [5.41, 5.74) is 0. The maximum atomic E-state index is 0. The van der Waals surface area contributed by atoms with Crippen LogP contribution in [0.2, 0.25) is 0 Å². The smallest absolute Gasteiger partial charge is 0 e. The molecular weight excluding hydrogens is 217 g/mol. The van der Waals surface area contributed by atoms with Gasteiger partial charge in [0.05, 0.1) is 0 Å². The Balaban J connectivity index is 0. The predicted octanol–water partition coefficient (Wildman–Crippen LogP) is -1.08. The van der Waals surface area contributed by atoms with Gasteiger partial charge in [0.1, 0.15) is 0 Å². The molecular formula is H4S4Y-4. The Hall–Kier alpha value is 2.50. The summed E-state index contributed by atoms with van der Waals surface area (Å²) in [5, 5.41) is 0. The van der Waals surface area contributed by atoms with Crippen LogP contribution in [0.15, 0.2) is 0 Å². The number of thiol groups is 4. The molecule has 0 spiro atoms. The summed E-state index contributed by atoms with van der Waals surface area (Å²) < 4.78 is 0. The SMILES string of the molecule is [SH-].[SH-].[SH-].[SH-].[Y]. The van der Waals surface area contributed by atoms with Crippen molar-refractivity contribution in [1.29, 1.82) is 0 Å². The first-order valence-electron chi connectivity index (χ1n) is 0. The van der Waals surface area contributed by atoms with E-state index in [0.717, 1.165) is 0 Å². The van der Waals surface area contributed by atoms with E-state index in [1.807, 2.05) is 0 Å². The van der Waals surface area contributed by atoms with Crippen LogP contribution in [-0.2, 0) is 86.7 Å². The molecule has 0 heterocycles. The van der Waals surface area contributed by atoms with Crippen molar-refractivity contribution in [1.82, 2.24) is 0 Å². The van der Waals surface area contributed by atoms with E-state index in [2.05, 4.69) is 0 Å². The van der Waals surface area contributed by atoms with Gasteiger partial charge in [-0.3, -0.25) is 0 Å². The van der Waals surface area contributed by atoms with E-state index in [0.29, 0.717) is 0 Å². The Bertz CT molecular complexity index is 3.61. The van der Waals surface area contributed by atoms with Gasteiger partial charge in [-0.15, -0.1) is 0 Å². The fourth-order valence-corrected chi connectivity index (χ4v) is 0. The molecule has 0 saturated heterocycles. The van der Waals surface area contributed by atoms with Gasteiger partial charge in [-0.25, -0.2) is 0 Å². The van der Waals surface area contributed by atoms with E-state index >= 15 is 0 Å². The van der Waals surface area contributed by atoms with Gasteiger partial charge in [0.15, 0.2) is 0 Å². The quantitative estimate of drug-likeness (QED) is 0.376. The molecule has 5 heteroatoms. The zero-order valence-corrected chi connectivity index (χ0v) is 8.78. The van der Waals surface area contributed by atoms with Crippen LogP contribution in [0.5, 0.6) is 0 Å². The fourth-order valence-electron chi connectivity index (χ4n) is 0. The van der Waals surface area contributed by atoms with Crippen molar-refractivity contribution < 1.29 is 32.7 Å². The minimum absolute atomic E-state index is 0. The Labute approximate surface area is 85.5 Å². The molecule has 0 aliphatic heterocycles. The van der Waals surface area contributed by atoms with Gasteiger partial charge in [-0.2, -0.15) is 0 Å². The molecule has 0 saturated carbocycles. The van der Waals surface area contributed by atoms with Crippen molar-refractivity contribution in [2.45, 2.75) is 0 Å². The minimum Gasteiger partial charge on any atom is -0.813 e. The fraction of sp³-hybridized carbons (Fsp3) is 0. The zero-order chi connectivity index (χ0) is 0. The van der Waals surface area contributed by atoms with Crippen molar-refractivity contribution in [3.63, 3.8) is 0 Å². The molecule has 0 bridgehead atoms. The van der Waals surface area contributed by atoms with Gasteiger partial charge in [-0.1, -0.05) is 0 Å². The molecule has 0 unspecified atom stereocenters. The van der Waals surface area contributed by atoms with Gasteiger partial charge in [-0.05, 0) is 0 Å². The topological polar surface area (TPSA) is 0 Å². The maximum Gasteiger partial charge on any atom is 0 e. The molecule has 0 N–H and O–H groups in total. The third-order valence-corrected chi connectivity index (χ3v) is 0. The summed E-state index contributed by atoms with van der Waals surface area (Å²) in [5.74, 6) is 0. The van der Waals surface area contributed by atoms with Gasteiger partial charge in [0.2, 0.25) is 0 Å². The Morgan fingerprint density at radius 1 is 0.400 bits per heavy atom. The average molecular weight is 221 g/mol.